The average molecular weight is 211 g/mol. The molecule has 15 heavy (non-hydrogen) atoms. The lowest BCUT2D eigenvalue weighted by Gasteiger charge is -2.39. The zero-order chi connectivity index (χ0) is 11.0. The topological polar surface area (TPSA) is 32.7 Å². The molecule has 2 atom stereocenters. The van der Waals surface area contributed by atoms with E-state index < -0.39 is 0 Å². The molecule has 0 saturated heterocycles. The Balaban J connectivity index is 2.45. The zero-order valence-electron chi connectivity index (χ0n) is 8.77. The minimum atomic E-state index is -0.385. The first-order valence-corrected chi connectivity index (χ1v) is 4.94. The number of hydrogen-bond donors (Lipinski definition) is 1. The lowest BCUT2D eigenvalue weighted by atomic mass is 10.1. The summed E-state index contributed by atoms with van der Waals surface area (Å²) in [5.41, 5.74) is 0.729. The number of aliphatic hydroxyl groups is 1. The van der Waals surface area contributed by atoms with Crippen molar-refractivity contribution >= 4 is 5.69 Å². The largest absolute Gasteiger partial charge is 0.481 e. The van der Waals surface area contributed by atoms with E-state index >= 15 is 0 Å². The molecule has 0 radical (unpaired) electrons. The van der Waals surface area contributed by atoms with Gasteiger partial charge in [0.1, 0.15) is 6.10 Å². The minimum Gasteiger partial charge on any atom is -0.481 e. The molecule has 0 saturated carbocycles. The van der Waals surface area contributed by atoms with Crippen LogP contribution in [0.25, 0.3) is 0 Å². The molecular weight excluding hydrogens is 197 g/mol. The number of para-hydroxylation sites is 1. The highest BCUT2D eigenvalue weighted by Gasteiger charge is 2.31. The van der Waals surface area contributed by atoms with E-state index in [0.29, 0.717) is 0 Å². The number of anilines is 1. The predicted octanol–water partition coefficient (Wildman–Crippen LogP) is 1.40. The Labute approximate surface area is 88.1 Å². The lowest BCUT2D eigenvalue weighted by molar-refractivity contribution is 0.0849. The van der Waals surface area contributed by atoms with Gasteiger partial charge in [-0.1, -0.05) is 6.07 Å². The summed E-state index contributed by atoms with van der Waals surface area (Å²) in [7, 11) is 1.87. The molecule has 0 aromatic heterocycles. The van der Waals surface area contributed by atoms with E-state index in [1.54, 1.807) is 6.07 Å². The number of likely N-dealkylation sites (N-methyl/N-ethyl adjacent to an activating group) is 1. The van der Waals surface area contributed by atoms with Crippen LogP contribution in [0.2, 0.25) is 0 Å². The fourth-order valence-electron chi connectivity index (χ4n) is 1.80. The van der Waals surface area contributed by atoms with Crippen LogP contribution >= 0.6 is 0 Å². The molecule has 0 amide bonds. The van der Waals surface area contributed by atoms with Crippen LogP contribution in [0.15, 0.2) is 18.2 Å². The minimum absolute atomic E-state index is 0.0318. The summed E-state index contributed by atoms with van der Waals surface area (Å²) in [6.07, 6.45) is -0.376. The Bertz CT molecular complexity index is 370. The molecule has 1 heterocycles. The molecule has 0 aliphatic carbocycles. The van der Waals surface area contributed by atoms with Crippen molar-refractivity contribution in [3.8, 4) is 5.75 Å². The van der Waals surface area contributed by atoms with E-state index in [1.165, 1.54) is 6.07 Å². The summed E-state index contributed by atoms with van der Waals surface area (Å²) < 4.78 is 18.9. The zero-order valence-corrected chi connectivity index (χ0v) is 8.77. The first kappa shape index (κ1) is 10.2. The SMILES string of the molecule is CC1C(CO)Oc2c(F)cccc2N1C. The summed E-state index contributed by atoms with van der Waals surface area (Å²) >= 11 is 0. The van der Waals surface area contributed by atoms with Gasteiger partial charge in [-0.15, -0.1) is 0 Å². The molecule has 2 rings (SSSR count). The molecule has 1 aliphatic heterocycles. The summed E-state index contributed by atoms with van der Waals surface area (Å²) in [6.45, 7) is 1.83. The molecule has 3 nitrogen and oxygen atoms in total. The number of nitrogens with zero attached hydrogens (tertiary/aromatic N) is 1. The van der Waals surface area contributed by atoms with Crippen molar-refractivity contribution in [2.45, 2.75) is 19.1 Å². The molecule has 0 bridgehead atoms. The van der Waals surface area contributed by atoms with Gasteiger partial charge in [-0.05, 0) is 19.1 Å². The van der Waals surface area contributed by atoms with Gasteiger partial charge in [0.25, 0.3) is 0 Å². The quantitative estimate of drug-likeness (QED) is 0.762. The van der Waals surface area contributed by atoms with E-state index in [1.807, 2.05) is 24.9 Å². The van der Waals surface area contributed by atoms with Crippen molar-refractivity contribution in [2.24, 2.45) is 0 Å². The summed E-state index contributed by atoms with van der Waals surface area (Å²) in [4.78, 5) is 1.92. The summed E-state index contributed by atoms with van der Waals surface area (Å²) in [5.74, 6) is -0.151. The maximum absolute atomic E-state index is 13.4. The van der Waals surface area contributed by atoms with Crippen LogP contribution in [0.4, 0.5) is 10.1 Å². The van der Waals surface area contributed by atoms with E-state index in [4.69, 9.17) is 9.84 Å². The van der Waals surface area contributed by atoms with Crippen LogP contribution in [0.1, 0.15) is 6.92 Å². The van der Waals surface area contributed by atoms with Gasteiger partial charge in [0.15, 0.2) is 11.6 Å². The number of hydrogen-bond acceptors (Lipinski definition) is 3. The van der Waals surface area contributed by atoms with Gasteiger partial charge in [-0.25, -0.2) is 4.39 Å². The molecule has 1 aromatic carbocycles. The third kappa shape index (κ3) is 1.55. The molecule has 1 aliphatic rings. The van der Waals surface area contributed by atoms with Crippen molar-refractivity contribution in [3.05, 3.63) is 24.0 Å². The number of fused-ring (bicyclic) bond motifs is 1. The predicted molar refractivity (Wildman–Crippen MR) is 55.8 cm³/mol. The van der Waals surface area contributed by atoms with Gasteiger partial charge >= 0.3 is 0 Å². The van der Waals surface area contributed by atoms with Gasteiger partial charge < -0.3 is 14.7 Å². The van der Waals surface area contributed by atoms with Crippen LogP contribution in [-0.4, -0.2) is 30.9 Å². The second-order valence-electron chi connectivity index (χ2n) is 3.78. The molecule has 2 unspecified atom stereocenters. The van der Waals surface area contributed by atoms with E-state index in [2.05, 4.69) is 0 Å². The average Bonchev–Trinajstić information content (AvgIpc) is 2.24. The van der Waals surface area contributed by atoms with E-state index in [0.717, 1.165) is 5.69 Å². The van der Waals surface area contributed by atoms with Crippen molar-refractivity contribution < 1.29 is 14.2 Å². The van der Waals surface area contributed by atoms with Gasteiger partial charge in [0.2, 0.25) is 0 Å². The van der Waals surface area contributed by atoms with Gasteiger partial charge in [0, 0.05) is 7.05 Å². The van der Waals surface area contributed by atoms with Crippen molar-refractivity contribution in [1.29, 1.82) is 0 Å². The number of aliphatic hydroxyl groups excluding tert-OH is 1. The summed E-state index contributed by atoms with van der Waals surface area (Å²) in [6, 6.07) is 4.85. The first-order valence-electron chi connectivity index (χ1n) is 4.94. The van der Waals surface area contributed by atoms with Gasteiger partial charge in [-0.2, -0.15) is 0 Å². The molecule has 1 aromatic rings. The fraction of sp³-hybridized carbons (Fsp3) is 0.455. The van der Waals surface area contributed by atoms with E-state index in [-0.39, 0.29) is 30.3 Å². The number of ether oxygens (including phenoxy) is 1. The number of rotatable bonds is 1. The maximum Gasteiger partial charge on any atom is 0.178 e. The first-order chi connectivity index (χ1) is 7.15. The highest BCUT2D eigenvalue weighted by atomic mass is 19.1. The van der Waals surface area contributed by atoms with Crippen molar-refractivity contribution in [3.63, 3.8) is 0 Å². The second-order valence-corrected chi connectivity index (χ2v) is 3.78. The highest BCUT2D eigenvalue weighted by Crippen LogP contribution is 2.36. The van der Waals surface area contributed by atoms with Crippen LogP contribution in [-0.2, 0) is 0 Å². The number of halogens is 1. The number of benzene rings is 1. The van der Waals surface area contributed by atoms with E-state index in [9.17, 15) is 4.39 Å². The fourth-order valence-corrected chi connectivity index (χ4v) is 1.80. The third-order valence-electron chi connectivity index (χ3n) is 2.92. The van der Waals surface area contributed by atoms with Crippen LogP contribution < -0.4 is 9.64 Å². The second kappa shape index (κ2) is 3.70. The van der Waals surface area contributed by atoms with Crippen molar-refractivity contribution in [2.75, 3.05) is 18.6 Å². The van der Waals surface area contributed by atoms with Crippen LogP contribution in [0, 0.1) is 5.82 Å². The molecule has 1 N–H and O–H groups in total. The van der Waals surface area contributed by atoms with Gasteiger partial charge in [0.05, 0.1) is 18.3 Å². The highest BCUT2D eigenvalue weighted by molar-refractivity contribution is 5.61. The Hall–Kier alpha value is -1.29. The standard InChI is InChI=1S/C11H14FNO2/c1-7-10(6-14)15-11-8(12)4-3-5-9(11)13(7)2/h3-5,7,10,14H,6H2,1-2H3. The van der Waals surface area contributed by atoms with Crippen molar-refractivity contribution in [1.82, 2.24) is 0 Å². The monoisotopic (exact) mass is 211 g/mol. The smallest absolute Gasteiger partial charge is 0.178 e. The summed E-state index contributed by atoms with van der Waals surface area (Å²) in [5, 5.41) is 9.12. The van der Waals surface area contributed by atoms with Gasteiger partial charge in [-0.3, -0.25) is 0 Å². The Morgan fingerprint density at radius 1 is 1.53 bits per heavy atom. The molecule has 4 heteroatoms. The van der Waals surface area contributed by atoms with Crippen LogP contribution in [0.5, 0.6) is 5.75 Å². The molecule has 0 fully saturated rings. The molecular formula is C11H14FNO2. The Kier molecular flexibility index (Phi) is 2.52. The van der Waals surface area contributed by atoms with Crippen LogP contribution in [0.3, 0.4) is 0 Å². The Morgan fingerprint density at radius 3 is 2.93 bits per heavy atom. The molecule has 82 valence electrons. The third-order valence-corrected chi connectivity index (χ3v) is 2.92. The lowest BCUT2D eigenvalue weighted by Crippen LogP contribution is -2.48. The maximum atomic E-state index is 13.4. The Morgan fingerprint density at radius 2 is 2.27 bits per heavy atom. The molecule has 0 spiro atoms. The normalized spacial score (nSPS) is 24.7.